The highest BCUT2D eigenvalue weighted by atomic mass is 19.3. The number of hydrogen-bond donors (Lipinski definition) is 0. The van der Waals surface area contributed by atoms with E-state index in [1.807, 2.05) is 30.3 Å². The van der Waals surface area contributed by atoms with E-state index in [-0.39, 0.29) is 31.5 Å². The Morgan fingerprint density at radius 3 is 2.40 bits per heavy atom. The van der Waals surface area contributed by atoms with Crippen molar-refractivity contribution in [1.29, 1.82) is 0 Å². The van der Waals surface area contributed by atoms with E-state index in [4.69, 9.17) is 4.74 Å². The summed E-state index contributed by atoms with van der Waals surface area (Å²) < 4.78 is 32.2. The van der Waals surface area contributed by atoms with E-state index in [0.29, 0.717) is 12.8 Å². The van der Waals surface area contributed by atoms with Crippen LogP contribution in [-0.4, -0.2) is 29.0 Å². The van der Waals surface area contributed by atoms with Gasteiger partial charge < -0.3 is 9.64 Å². The summed E-state index contributed by atoms with van der Waals surface area (Å²) in [5.41, 5.74) is 0.899. The fourth-order valence-corrected chi connectivity index (χ4v) is 3.23. The molecule has 0 spiro atoms. The first-order valence-corrected chi connectivity index (χ1v) is 6.92. The lowest BCUT2D eigenvalue weighted by Crippen LogP contribution is -2.50. The lowest BCUT2D eigenvalue weighted by Gasteiger charge is -2.37. The Hall–Kier alpha value is -1.65. The van der Waals surface area contributed by atoms with Crippen LogP contribution < -0.4 is 0 Å². The molecule has 0 N–H and O–H groups in total. The van der Waals surface area contributed by atoms with Crippen molar-refractivity contribution < 1.29 is 18.3 Å². The molecule has 3 rings (SSSR count). The van der Waals surface area contributed by atoms with Crippen LogP contribution >= 0.6 is 0 Å². The molecule has 20 heavy (non-hydrogen) atoms. The van der Waals surface area contributed by atoms with E-state index in [0.717, 1.165) is 5.56 Å². The molecule has 2 heterocycles. The van der Waals surface area contributed by atoms with Gasteiger partial charge in [0.05, 0.1) is 0 Å². The van der Waals surface area contributed by atoms with Gasteiger partial charge in [0.1, 0.15) is 6.61 Å². The second kappa shape index (κ2) is 5.04. The van der Waals surface area contributed by atoms with Crippen molar-refractivity contribution in [2.45, 2.75) is 50.3 Å². The zero-order valence-electron chi connectivity index (χ0n) is 11.1. The molecular formula is C15H17F2NO2. The number of amides is 1. The van der Waals surface area contributed by atoms with Gasteiger partial charge in [0.25, 0.3) is 5.92 Å². The van der Waals surface area contributed by atoms with Crippen molar-refractivity contribution in [3.8, 4) is 0 Å². The lowest BCUT2D eigenvalue weighted by atomic mass is 9.99. The van der Waals surface area contributed by atoms with Gasteiger partial charge in [-0.05, 0) is 18.4 Å². The maximum absolute atomic E-state index is 13.5. The third kappa shape index (κ3) is 2.62. The number of benzene rings is 1. The smallest absolute Gasteiger partial charge is 0.410 e. The van der Waals surface area contributed by atoms with E-state index in [1.165, 1.54) is 4.90 Å². The first-order valence-electron chi connectivity index (χ1n) is 6.92. The van der Waals surface area contributed by atoms with Crippen molar-refractivity contribution in [3.63, 3.8) is 0 Å². The molecule has 0 aliphatic carbocycles. The molecule has 2 aliphatic rings. The van der Waals surface area contributed by atoms with Crippen LogP contribution in [0.3, 0.4) is 0 Å². The number of halogens is 2. The van der Waals surface area contributed by atoms with E-state index in [2.05, 4.69) is 0 Å². The van der Waals surface area contributed by atoms with Crippen molar-refractivity contribution in [2.24, 2.45) is 0 Å². The van der Waals surface area contributed by atoms with E-state index < -0.39 is 12.0 Å². The average molecular weight is 281 g/mol. The number of nitrogens with zero attached hydrogens (tertiary/aromatic N) is 1. The first-order chi connectivity index (χ1) is 9.55. The molecule has 108 valence electrons. The minimum Gasteiger partial charge on any atom is -0.445 e. The summed E-state index contributed by atoms with van der Waals surface area (Å²) in [6.45, 7) is 0.187. The van der Waals surface area contributed by atoms with Crippen LogP contribution in [0.4, 0.5) is 13.6 Å². The zero-order valence-corrected chi connectivity index (χ0v) is 11.1. The summed E-state index contributed by atoms with van der Waals surface area (Å²) in [5.74, 6) is -2.64. The van der Waals surface area contributed by atoms with Crippen LogP contribution in [0.2, 0.25) is 0 Å². The fraction of sp³-hybridized carbons (Fsp3) is 0.533. The molecule has 2 bridgehead atoms. The van der Waals surface area contributed by atoms with Crippen LogP contribution in [0, 0.1) is 0 Å². The minimum absolute atomic E-state index is 0.187. The van der Waals surface area contributed by atoms with Crippen molar-refractivity contribution >= 4 is 6.09 Å². The maximum atomic E-state index is 13.5. The van der Waals surface area contributed by atoms with Gasteiger partial charge in [0, 0.05) is 24.9 Å². The highest BCUT2D eigenvalue weighted by Gasteiger charge is 2.51. The Morgan fingerprint density at radius 1 is 1.20 bits per heavy atom. The van der Waals surface area contributed by atoms with Gasteiger partial charge in [-0.1, -0.05) is 30.3 Å². The minimum atomic E-state index is -2.64. The Labute approximate surface area is 116 Å². The van der Waals surface area contributed by atoms with Gasteiger partial charge in [0.15, 0.2) is 0 Å². The quantitative estimate of drug-likeness (QED) is 0.829. The highest BCUT2D eigenvalue weighted by molar-refractivity contribution is 5.69. The number of fused-ring (bicyclic) bond motifs is 2. The number of alkyl halides is 2. The van der Waals surface area contributed by atoms with E-state index >= 15 is 0 Å². The Kier molecular flexibility index (Phi) is 3.36. The molecule has 0 saturated carbocycles. The maximum Gasteiger partial charge on any atom is 0.410 e. The third-order valence-corrected chi connectivity index (χ3v) is 4.10. The van der Waals surface area contributed by atoms with Crippen LogP contribution in [0.5, 0.6) is 0 Å². The summed E-state index contributed by atoms with van der Waals surface area (Å²) in [6.07, 6.45) is 0.381. The monoisotopic (exact) mass is 281 g/mol. The van der Waals surface area contributed by atoms with E-state index in [1.54, 1.807) is 0 Å². The van der Waals surface area contributed by atoms with Gasteiger partial charge in [-0.25, -0.2) is 13.6 Å². The second-order valence-corrected chi connectivity index (χ2v) is 5.60. The topological polar surface area (TPSA) is 29.5 Å². The molecule has 2 aliphatic heterocycles. The molecule has 0 radical (unpaired) electrons. The number of ether oxygens (including phenoxy) is 1. The van der Waals surface area contributed by atoms with E-state index in [9.17, 15) is 13.6 Å². The summed E-state index contributed by atoms with van der Waals surface area (Å²) >= 11 is 0. The summed E-state index contributed by atoms with van der Waals surface area (Å²) in [5, 5.41) is 0. The third-order valence-electron chi connectivity index (χ3n) is 4.10. The predicted molar refractivity (Wildman–Crippen MR) is 69.5 cm³/mol. The number of hydrogen-bond acceptors (Lipinski definition) is 2. The second-order valence-electron chi connectivity index (χ2n) is 5.60. The molecule has 0 aromatic heterocycles. The van der Waals surface area contributed by atoms with Crippen LogP contribution in [-0.2, 0) is 11.3 Å². The Morgan fingerprint density at radius 2 is 1.80 bits per heavy atom. The Bertz CT molecular complexity index is 476. The molecule has 2 atom stereocenters. The molecule has 2 fully saturated rings. The first kappa shape index (κ1) is 13.3. The molecular weight excluding hydrogens is 264 g/mol. The summed E-state index contributed by atoms with van der Waals surface area (Å²) in [4.78, 5) is 13.6. The average Bonchev–Trinajstić information content (AvgIpc) is 2.70. The molecule has 3 nitrogen and oxygen atoms in total. The van der Waals surface area contributed by atoms with Gasteiger partial charge in [-0.2, -0.15) is 0 Å². The fourth-order valence-electron chi connectivity index (χ4n) is 3.23. The van der Waals surface area contributed by atoms with Crippen LogP contribution in [0.25, 0.3) is 0 Å². The van der Waals surface area contributed by atoms with Gasteiger partial charge in [-0.15, -0.1) is 0 Å². The number of rotatable bonds is 2. The Balaban J connectivity index is 1.61. The van der Waals surface area contributed by atoms with Crippen LogP contribution in [0.15, 0.2) is 30.3 Å². The lowest BCUT2D eigenvalue weighted by molar-refractivity contribution is -0.0782. The van der Waals surface area contributed by atoms with Crippen molar-refractivity contribution in [3.05, 3.63) is 35.9 Å². The van der Waals surface area contributed by atoms with Crippen LogP contribution in [0.1, 0.15) is 31.2 Å². The summed E-state index contributed by atoms with van der Waals surface area (Å²) in [7, 11) is 0. The van der Waals surface area contributed by atoms with Crippen molar-refractivity contribution in [1.82, 2.24) is 4.90 Å². The SMILES string of the molecule is O=C(OCc1ccccc1)N1C2CCC1CC(F)(F)C2. The number of piperidine rings is 1. The number of carbonyl (C=O) groups excluding carboxylic acids is 1. The normalized spacial score (nSPS) is 27.4. The molecule has 5 heteroatoms. The highest BCUT2D eigenvalue weighted by Crippen LogP contribution is 2.43. The van der Waals surface area contributed by atoms with Gasteiger partial charge in [0.2, 0.25) is 0 Å². The largest absolute Gasteiger partial charge is 0.445 e. The standard InChI is InChI=1S/C15H17F2NO2/c16-15(17)8-12-6-7-13(9-15)18(12)14(19)20-10-11-4-2-1-3-5-11/h1-5,12-13H,6-10H2. The molecule has 1 aromatic carbocycles. The molecule has 2 saturated heterocycles. The van der Waals surface area contributed by atoms with Gasteiger partial charge in [-0.3, -0.25) is 0 Å². The van der Waals surface area contributed by atoms with Crippen molar-refractivity contribution in [2.75, 3.05) is 0 Å². The predicted octanol–water partition coefficient (Wildman–Crippen LogP) is 3.59. The zero-order chi connectivity index (χ0) is 14.2. The molecule has 1 amide bonds. The number of carbonyl (C=O) groups is 1. The summed E-state index contributed by atoms with van der Waals surface area (Å²) in [6, 6.07) is 8.62. The van der Waals surface area contributed by atoms with Gasteiger partial charge >= 0.3 is 6.09 Å². The molecule has 1 aromatic rings. The molecule has 2 unspecified atom stereocenters.